The molecule has 7 heteroatoms. The Kier molecular flexibility index (Phi) is 6.07. The van der Waals surface area contributed by atoms with Crippen molar-refractivity contribution in [3.8, 4) is 5.69 Å². The molecule has 1 aromatic carbocycles. The maximum absolute atomic E-state index is 12.1. The molecule has 6 nitrogen and oxygen atoms in total. The van der Waals surface area contributed by atoms with E-state index in [2.05, 4.69) is 40.8 Å². The molecule has 1 aliphatic rings. The van der Waals surface area contributed by atoms with Gasteiger partial charge in [0, 0.05) is 6.54 Å². The number of thioether (sulfide) groups is 1. The molecule has 3 rings (SSSR count). The second kappa shape index (κ2) is 8.47. The summed E-state index contributed by atoms with van der Waals surface area (Å²) in [4.78, 5) is 12.1. The van der Waals surface area contributed by atoms with E-state index in [0.29, 0.717) is 16.8 Å². The Labute approximate surface area is 152 Å². The van der Waals surface area contributed by atoms with Gasteiger partial charge in [-0.25, -0.2) is 0 Å². The Morgan fingerprint density at radius 3 is 2.88 bits per heavy atom. The highest BCUT2D eigenvalue weighted by molar-refractivity contribution is 7.99. The van der Waals surface area contributed by atoms with Crippen LogP contribution in [0, 0.1) is 19.8 Å². The summed E-state index contributed by atoms with van der Waals surface area (Å²) in [6.45, 7) is 4.91. The number of carbonyl (C=O) groups is 1. The molecule has 2 aromatic rings. The van der Waals surface area contributed by atoms with Crippen LogP contribution < -0.4 is 5.32 Å². The number of nitrogens with zero attached hydrogens (tertiary/aromatic N) is 4. The molecule has 0 aliphatic heterocycles. The lowest BCUT2D eigenvalue weighted by molar-refractivity contribution is -0.118. The van der Waals surface area contributed by atoms with Gasteiger partial charge in [-0.15, -0.1) is 5.10 Å². The Morgan fingerprint density at radius 1 is 1.28 bits per heavy atom. The summed E-state index contributed by atoms with van der Waals surface area (Å²) in [6, 6.07) is 6.05. The molecule has 0 saturated heterocycles. The molecule has 0 atom stereocenters. The van der Waals surface area contributed by atoms with Crippen molar-refractivity contribution < 1.29 is 4.79 Å². The SMILES string of the molecule is Cc1cccc(-n2nnnc2SCC(=O)NCC2CCCCC2)c1C. The molecule has 1 aliphatic carbocycles. The van der Waals surface area contributed by atoms with Gasteiger partial charge in [0.1, 0.15) is 0 Å². The fourth-order valence-corrected chi connectivity index (χ4v) is 3.93. The third kappa shape index (κ3) is 4.60. The van der Waals surface area contributed by atoms with Crippen molar-refractivity contribution in [3.63, 3.8) is 0 Å². The van der Waals surface area contributed by atoms with E-state index < -0.39 is 0 Å². The summed E-state index contributed by atoms with van der Waals surface area (Å²) in [7, 11) is 0. The molecule has 0 spiro atoms. The second-order valence-corrected chi connectivity index (χ2v) is 7.63. The van der Waals surface area contributed by atoms with Crippen molar-refractivity contribution in [2.24, 2.45) is 5.92 Å². The predicted molar refractivity (Wildman–Crippen MR) is 98.9 cm³/mol. The fourth-order valence-electron chi connectivity index (χ4n) is 3.22. The quantitative estimate of drug-likeness (QED) is 0.803. The van der Waals surface area contributed by atoms with Gasteiger partial charge < -0.3 is 5.32 Å². The van der Waals surface area contributed by atoms with Gasteiger partial charge in [0.25, 0.3) is 0 Å². The summed E-state index contributed by atoms with van der Waals surface area (Å²) in [6.07, 6.45) is 6.39. The molecule has 1 amide bonds. The Balaban J connectivity index is 1.56. The zero-order chi connectivity index (χ0) is 17.6. The molecule has 134 valence electrons. The van der Waals surface area contributed by atoms with Gasteiger partial charge in [-0.3, -0.25) is 4.79 Å². The minimum absolute atomic E-state index is 0.0473. The fraction of sp³-hybridized carbons (Fsp3) is 0.556. The van der Waals surface area contributed by atoms with E-state index in [1.807, 2.05) is 12.1 Å². The highest BCUT2D eigenvalue weighted by Gasteiger charge is 2.16. The number of amides is 1. The molecule has 1 N–H and O–H groups in total. The first-order valence-corrected chi connectivity index (χ1v) is 9.88. The van der Waals surface area contributed by atoms with E-state index in [-0.39, 0.29) is 5.91 Å². The van der Waals surface area contributed by atoms with Gasteiger partial charge in [0.05, 0.1) is 11.4 Å². The van der Waals surface area contributed by atoms with Crippen molar-refractivity contribution in [2.45, 2.75) is 51.1 Å². The number of nitrogens with one attached hydrogen (secondary N) is 1. The molecular formula is C18H25N5OS. The van der Waals surface area contributed by atoms with Crippen LogP contribution in [0.15, 0.2) is 23.4 Å². The molecule has 1 fully saturated rings. The minimum atomic E-state index is 0.0473. The van der Waals surface area contributed by atoms with Gasteiger partial charge in [-0.2, -0.15) is 4.68 Å². The largest absolute Gasteiger partial charge is 0.355 e. The average Bonchev–Trinajstić information content (AvgIpc) is 3.10. The summed E-state index contributed by atoms with van der Waals surface area (Å²) in [5, 5.41) is 15.6. The van der Waals surface area contributed by atoms with Crippen molar-refractivity contribution in [1.29, 1.82) is 0 Å². The van der Waals surface area contributed by atoms with E-state index in [1.54, 1.807) is 4.68 Å². The summed E-state index contributed by atoms with van der Waals surface area (Å²) in [5.74, 6) is 1.02. The van der Waals surface area contributed by atoms with Crippen LogP contribution in [0.25, 0.3) is 5.69 Å². The maximum atomic E-state index is 12.1. The first-order valence-electron chi connectivity index (χ1n) is 8.89. The molecule has 0 bridgehead atoms. The molecule has 1 saturated carbocycles. The van der Waals surface area contributed by atoms with E-state index in [0.717, 1.165) is 17.8 Å². The number of aromatic nitrogens is 4. The molecule has 25 heavy (non-hydrogen) atoms. The number of aryl methyl sites for hydroxylation is 1. The topological polar surface area (TPSA) is 72.7 Å². The molecule has 1 aromatic heterocycles. The minimum Gasteiger partial charge on any atom is -0.355 e. The number of hydrogen-bond donors (Lipinski definition) is 1. The number of rotatable bonds is 6. The van der Waals surface area contributed by atoms with Crippen LogP contribution >= 0.6 is 11.8 Å². The van der Waals surface area contributed by atoms with Crippen LogP contribution in [0.3, 0.4) is 0 Å². The summed E-state index contributed by atoms with van der Waals surface area (Å²) < 4.78 is 1.71. The van der Waals surface area contributed by atoms with Gasteiger partial charge in [-0.1, -0.05) is 43.2 Å². The highest BCUT2D eigenvalue weighted by Crippen LogP contribution is 2.24. The number of tetrazole rings is 1. The summed E-state index contributed by atoms with van der Waals surface area (Å²) >= 11 is 1.37. The smallest absolute Gasteiger partial charge is 0.230 e. The third-order valence-electron chi connectivity index (χ3n) is 4.89. The molecule has 0 unspecified atom stereocenters. The first-order chi connectivity index (χ1) is 12.1. The second-order valence-electron chi connectivity index (χ2n) is 6.69. The Hall–Kier alpha value is -1.89. The summed E-state index contributed by atoms with van der Waals surface area (Å²) in [5.41, 5.74) is 3.28. The lowest BCUT2D eigenvalue weighted by atomic mass is 9.89. The zero-order valence-electron chi connectivity index (χ0n) is 14.9. The first kappa shape index (κ1) is 17.9. The van der Waals surface area contributed by atoms with Crippen LogP contribution in [-0.2, 0) is 4.79 Å². The van der Waals surface area contributed by atoms with Gasteiger partial charge in [-0.05, 0) is 60.2 Å². The Morgan fingerprint density at radius 2 is 2.08 bits per heavy atom. The van der Waals surface area contributed by atoms with Gasteiger partial charge in [0.15, 0.2) is 0 Å². The van der Waals surface area contributed by atoms with E-state index in [9.17, 15) is 4.79 Å². The maximum Gasteiger partial charge on any atom is 0.230 e. The Bertz CT molecular complexity index is 724. The lowest BCUT2D eigenvalue weighted by Crippen LogP contribution is -2.31. The predicted octanol–water partition coefficient (Wildman–Crippen LogP) is 3.07. The van der Waals surface area contributed by atoms with Crippen LogP contribution in [-0.4, -0.2) is 38.4 Å². The van der Waals surface area contributed by atoms with Crippen molar-refractivity contribution in [1.82, 2.24) is 25.5 Å². The van der Waals surface area contributed by atoms with E-state index in [4.69, 9.17) is 0 Å². The van der Waals surface area contributed by atoms with Gasteiger partial charge in [0.2, 0.25) is 11.1 Å². The zero-order valence-corrected chi connectivity index (χ0v) is 15.7. The average molecular weight is 359 g/mol. The third-order valence-corrected chi connectivity index (χ3v) is 5.81. The van der Waals surface area contributed by atoms with Crippen LogP contribution in [0.5, 0.6) is 0 Å². The van der Waals surface area contributed by atoms with Crippen molar-refractivity contribution in [2.75, 3.05) is 12.3 Å². The van der Waals surface area contributed by atoms with Crippen molar-refractivity contribution in [3.05, 3.63) is 29.3 Å². The molecule has 0 radical (unpaired) electrons. The molecule has 1 heterocycles. The van der Waals surface area contributed by atoms with Crippen LogP contribution in [0.4, 0.5) is 0 Å². The van der Waals surface area contributed by atoms with E-state index in [1.165, 1.54) is 49.4 Å². The van der Waals surface area contributed by atoms with Crippen molar-refractivity contribution >= 4 is 17.7 Å². The normalized spacial score (nSPS) is 15.3. The van der Waals surface area contributed by atoms with Crippen LogP contribution in [0.2, 0.25) is 0 Å². The number of benzene rings is 1. The van der Waals surface area contributed by atoms with Crippen LogP contribution in [0.1, 0.15) is 43.2 Å². The highest BCUT2D eigenvalue weighted by atomic mass is 32.2. The monoisotopic (exact) mass is 359 g/mol. The standard InChI is InChI=1S/C18H25N5OS/c1-13-7-6-10-16(14(13)2)23-18(20-21-22-23)25-12-17(24)19-11-15-8-4-3-5-9-15/h6-7,10,15H,3-5,8-9,11-12H2,1-2H3,(H,19,24). The van der Waals surface area contributed by atoms with Gasteiger partial charge >= 0.3 is 0 Å². The molecular weight excluding hydrogens is 334 g/mol. The lowest BCUT2D eigenvalue weighted by Gasteiger charge is -2.21. The number of hydrogen-bond acceptors (Lipinski definition) is 5. The number of carbonyl (C=O) groups excluding carboxylic acids is 1. The van der Waals surface area contributed by atoms with E-state index >= 15 is 0 Å².